The largest absolute Gasteiger partial charge is 0.496 e. The number of halogens is 4. The van der Waals surface area contributed by atoms with E-state index in [1.54, 1.807) is 14.2 Å². The van der Waals surface area contributed by atoms with Crippen molar-refractivity contribution < 1.29 is 17.9 Å². The maximum absolute atomic E-state index is 12.6. The van der Waals surface area contributed by atoms with Gasteiger partial charge in [-0.15, -0.1) is 35.3 Å². The van der Waals surface area contributed by atoms with Crippen molar-refractivity contribution in [3.8, 4) is 5.75 Å². The van der Waals surface area contributed by atoms with Crippen molar-refractivity contribution in [3.05, 3.63) is 45.9 Å². The fraction of sp³-hybridized carbons (Fsp3) is 0.474. The molecule has 0 atom stereocenters. The van der Waals surface area contributed by atoms with E-state index in [0.717, 1.165) is 35.3 Å². The number of nitrogens with zero attached hydrogens (tertiary/aromatic N) is 2. The second-order valence-electron chi connectivity index (χ2n) is 6.71. The Labute approximate surface area is 189 Å². The average molecular weight is 540 g/mol. The Hall–Kier alpha value is -1.56. The van der Waals surface area contributed by atoms with Crippen LogP contribution in [0.5, 0.6) is 5.75 Å². The highest BCUT2D eigenvalue weighted by Crippen LogP contribution is 2.50. The number of alkyl halides is 3. The predicted octanol–water partition coefficient (Wildman–Crippen LogP) is 4.23. The molecule has 1 aliphatic carbocycles. The van der Waals surface area contributed by atoms with Gasteiger partial charge >= 0.3 is 6.18 Å². The number of para-hydroxylation sites is 1. The molecule has 0 amide bonds. The minimum absolute atomic E-state index is 0. The lowest BCUT2D eigenvalue weighted by atomic mass is 9.95. The molecular weight excluding hydrogens is 516 g/mol. The first-order valence-corrected chi connectivity index (χ1v) is 9.85. The molecule has 1 aromatic heterocycles. The van der Waals surface area contributed by atoms with Gasteiger partial charge in [0.2, 0.25) is 0 Å². The van der Waals surface area contributed by atoms with Gasteiger partial charge in [0.1, 0.15) is 5.75 Å². The SMILES string of the molecule is CN=C(NCCc1nc(C(F)(F)F)cs1)NCC1(c2ccccc2OC)CC1.I. The number of aromatic nitrogens is 1. The molecule has 160 valence electrons. The highest BCUT2D eigenvalue weighted by molar-refractivity contribution is 14.0. The highest BCUT2D eigenvalue weighted by Gasteiger charge is 2.46. The molecule has 0 unspecified atom stereocenters. The number of guanidine groups is 1. The van der Waals surface area contributed by atoms with Crippen molar-refractivity contribution >= 4 is 41.3 Å². The van der Waals surface area contributed by atoms with E-state index in [4.69, 9.17) is 4.74 Å². The number of hydrogen-bond donors (Lipinski definition) is 2. The van der Waals surface area contributed by atoms with Gasteiger partial charge in [-0.1, -0.05) is 18.2 Å². The molecule has 10 heteroatoms. The lowest BCUT2D eigenvalue weighted by molar-refractivity contribution is -0.140. The van der Waals surface area contributed by atoms with Crippen LogP contribution in [0.4, 0.5) is 13.2 Å². The fourth-order valence-corrected chi connectivity index (χ4v) is 3.90. The molecule has 0 saturated heterocycles. The van der Waals surface area contributed by atoms with E-state index in [9.17, 15) is 13.2 Å². The molecule has 29 heavy (non-hydrogen) atoms. The van der Waals surface area contributed by atoms with E-state index in [1.165, 1.54) is 5.56 Å². The lowest BCUT2D eigenvalue weighted by Crippen LogP contribution is -2.42. The zero-order valence-electron chi connectivity index (χ0n) is 16.2. The molecule has 2 N–H and O–H groups in total. The molecule has 0 spiro atoms. The third-order valence-corrected chi connectivity index (χ3v) is 5.73. The molecule has 1 saturated carbocycles. The second kappa shape index (κ2) is 9.96. The highest BCUT2D eigenvalue weighted by atomic mass is 127. The van der Waals surface area contributed by atoms with Gasteiger partial charge in [0.25, 0.3) is 0 Å². The third-order valence-electron chi connectivity index (χ3n) is 4.82. The summed E-state index contributed by atoms with van der Waals surface area (Å²) in [6.45, 7) is 1.16. The van der Waals surface area contributed by atoms with Crippen LogP contribution in [0.3, 0.4) is 0 Å². The summed E-state index contributed by atoms with van der Waals surface area (Å²) in [7, 11) is 3.34. The summed E-state index contributed by atoms with van der Waals surface area (Å²) >= 11 is 1.02. The van der Waals surface area contributed by atoms with Crippen molar-refractivity contribution in [1.29, 1.82) is 0 Å². The zero-order chi connectivity index (χ0) is 20.2. The Kier molecular flexibility index (Phi) is 8.15. The lowest BCUT2D eigenvalue weighted by Gasteiger charge is -2.21. The Bertz CT molecular complexity index is 837. The van der Waals surface area contributed by atoms with Gasteiger partial charge in [-0.3, -0.25) is 4.99 Å². The molecule has 0 aliphatic heterocycles. The van der Waals surface area contributed by atoms with Gasteiger partial charge in [0, 0.05) is 42.9 Å². The van der Waals surface area contributed by atoms with Crippen molar-refractivity contribution in [2.24, 2.45) is 4.99 Å². The van der Waals surface area contributed by atoms with Gasteiger partial charge in [0.05, 0.1) is 12.1 Å². The fourth-order valence-electron chi connectivity index (χ4n) is 3.09. The molecular formula is C19H24F3IN4OS. The van der Waals surface area contributed by atoms with E-state index >= 15 is 0 Å². The normalized spacial score (nSPS) is 15.4. The first-order valence-electron chi connectivity index (χ1n) is 8.97. The number of methoxy groups -OCH3 is 1. The van der Waals surface area contributed by atoms with Gasteiger partial charge in [-0.05, 0) is 18.9 Å². The molecule has 1 heterocycles. The molecule has 2 aromatic rings. The average Bonchev–Trinajstić information content (AvgIpc) is 3.31. The predicted molar refractivity (Wildman–Crippen MR) is 120 cm³/mol. The Morgan fingerprint density at radius 3 is 2.59 bits per heavy atom. The number of nitrogens with one attached hydrogen (secondary N) is 2. The first-order chi connectivity index (χ1) is 13.4. The maximum atomic E-state index is 12.6. The number of benzene rings is 1. The second-order valence-corrected chi connectivity index (χ2v) is 7.65. The van der Waals surface area contributed by atoms with Crippen LogP contribution in [0.25, 0.3) is 0 Å². The minimum atomic E-state index is -4.39. The number of thiazole rings is 1. The van der Waals surface area contributed by atoms with Crippen molar-refractivity contribution in [2.45, 2.75) is 30.9 Å². The van der Waals surface area contributed by atoms with Crippen LogP contribution in [-0.4, -0.2) is 38.2 Å². The number of aliphatic imine (C=N–C) groups is 1. The van der Waals surface area contributed by atoms with Crippen molar-refractivity contribution in [2.75, 3.05) is 27.2 Å². The molecule has 5 nitrogen and oxygen atoms in total. The smallest absolute Gasteiger partial charge is 0.434 e. The molecule has 3 rings (SSSR count). The van der Waals surface area contributed by atoms with Gasteiger partial charge in [0.15, 0.2) is 11.7 Å². The maximum Gasteiger partial charge on any atom is 0.434 e. The monoisotopic (exact) mass is 540 g/mol. The van der Waals surface area contributed by atoms with E-state index in [-0.39, 0.29) is 29.4 Å². The summed E-state index contributed by atoms with van der Waals surface area (Å²) in [6, 6.07) is 8.01. The summed E-state index contributed by atoms with van der Waals surface area (Å²) in [5, 5.41) is 7.96. The van der Waals surface area contributed by atoms with Crippen LogP contribution in [0, 0.1) is 0 Å². The summed E-state index contributed by atoms with van der Waals surface area (Å²) in [5.74, 6) is 1.50. The Morgan fingerprint density at radius 1 is 1.28 bits per heavy atom. The summed E-state index contributed by atoms with van der Waals surface area (Å²) in [4.78, 5) is 7.83. The Morgan fingerprint density at radius 2 is 2.00 bits per heavy atom. The topological polar surface area (TPSA) is 58.5 Å². The quantitative estimate of drug-likeness (QED) is 0.314. The van der Waals surface area contributed by atoms with Crippen LogP contribution >= 0.6 is 35.3 Å². The van der Waals surface area contributed by atoms with E-state index in [1.807, 2.05) is 18.2 Å². The third kappa shape index (κ3) is 5.97. The van der Waals surface area contributed by atoms with E-state index in [2.05, 4.69) is 26.7 Å². The molecule has 0 bridgehead atoms. The van der Waals surface area contributed by atoms with Crippen molar-refractivity contribution in [3.63, 3.8) is 0 Å². The molecule has 0 radical (unpaired) electrons. The zero-order valence-corrected chi connectivity index (χ0v) is 19.3. The summed E-state index contributed by atoms with van der Waals surface area (Å²) in [5.41, 5.74) is 0.381. The molecule has 1 aliphatic rings. The molecule has 1 aromatic carbocycles. The number of hydrogen-bond acceptors (Lipinski definition) is 4. The van der Waals surface area contributed by atoms with Crippen molar-refractivity contribution in [1.82, 2.24) is 15.6 Å². The van der Waals surface area contributed by atoms with Gasteiger partial charge in [-0.25, -0.2) is 4.98 Å². The van der Waals surface area contributed by atoms with Crippen LogP contribution < -0.4 is 15.4 Å². The number of rotatable bonds is 7. The summed E-state index contributed by atoms with van der Waals surface area (Å²) < 4.78 is 43.3. The van der Waals surface area contributed by atoms with Crippen LogP contribution in [0.2, 0.25) is 0 Å². The number of ether oxygens (including phenoxy) is 1. The van der Waals surface area contributed by atoms with E-state index in [0.29, 0.717) is 30.5 Å². The standard InChI is InChI=1S/C19H23F3N4OS.HI/c1-23-17(24-10-7-16-26-15(11-28-16)19(20,21)22)25-12-18(8-9-18)13-5-3-4-6-14(13)27-2;/h3-6,11H,7-10,12H2,1-2H3,(H2,23,24,25);1H. The molecule has 1 fully saturated rings. The van der Waals surface area contributed by atoms with Crippen LogP contribution in [0.1, 0.15) is 29.1 Å². The summed E-state index contributed by atoms with van der Waals surface area (Å²) in [6.07, 6.45) is -1.86. The Balaban J connectivity index is 0.00000300. The van der Waals surface area contributed by atoms with Gasteiger partial charge in [-0.2, -0.15) is 13.2 Å². The first kappa shape index (κ1) is 23.7. The van der Waals surface area contributed by atoms with Gasteiger partial charge < -0.3 is 15.4 Å². The minimum Gasteiger partial charge on any atom is -0.496 e. The van der Waals surface area contributed by atoms with E-state index < -0.39 is 11.9 Å². The van der Waals surface area contributed by atoms with Crippen LogP contribution in [0.15, 0.2) is 34.6 Å². The van der Waals surface area contributed by atoms with Crippen LogP contribution in [-0.2, 0) is 18.0 Å².